The number of carbonyl (C=O) groups excluding carboxylic acids is 1. The van der Waals surface area contributed by atoms with Crippen LogP contribution in [0.25, 0.3) is 0 Å². The van der Waals surface area contributed by atoms with Crippen LogP contribution in [0.2, 0.25) is 0 Å². The molecular formula is C18H23NO3S. The first kappa shape index (κ1) is 16.2. The van der Waals surface area contributed by atoms with Crippen LogP contribution in [0, 0.1) is 5.92 Å². The Morgan fingerprint density at radius 3 is 2.30 bits per heavy atom. The Labute approximate surface area is 138 Å². The number of carbonyl (C=O) groups is 1. The van der Waals surface area contributed by atoms with Crippen LogP contribution in [0.1, 0.15) is 32.1 Å². The zero-order chi connectivity index (χ0) is 16.3. The molecule has 1 aliphatic carbocycles. The van der Waals surface area contributed by atoms with Gasteiger partial charge in [-0.3, -0.25) is 4.79 Å². The Morgan fingerprint density at radius 1 is 1.00 bits per heavy atom. The molecule has 1 amide bonds. The minimum absolute atomic E-state index is 0.0854. The van der Waals surface area contributed by atoms with Gasteiger partial charge >= 0.3 is 0 Å². The van der Waals surface area contributed by atoms with Crippen molar-refractivity contribution in [1.82, 2.24) is 4.90 Å². The van der Waals surface area contributed by atoms with Crippen molar-refractivity contribution < 1.29 is 13.2 Å². The molecule has 0 radical (unpaired) electrons. The lowest BCUT2D eigenvalue weighted by molar-refractivity contribution is -0.136. The van der Waals surface area contributed by atoms with Gasteiger partial charge in [0, 0.05) is 19.0 Å². The third-order valence-corrected chi connectivity index (χ3v) is 7.16. The van der Waals surface area contributed by atoms with Gasteiger partial charge in [-0.15, -0.1) is 0 Å². The van der Waals surface area contributed by atoms with Crippen molar-refractivity contribution in [2.24, 2.45) is 5.92 Å². The summed E-state index contributed by atoms with van der Waals surface area (Å²) in [7, 11) is -3.29. The highest BCUT2D eigenvalue weighted by atomic mass is 32.2. The molecule has 1 aromatic rings. The molecular weight excluding hydrogens is 310 g/mol. The van der Waals surface area contributed by atoms with Gasteiger partial charge in [-0.2, -0.15) is 0 Å². The molecule has 0 N–H and O–H groups in total. The summed E-state index contributed by atoms with van der Waals surface area (Å²) in [4.78, 5) is 14.8. The van der Waals surface area contributed by atoms with E-state index in [1.165, 1.54) is 0 Å². The number of amides is 1. The quantitative estimate of drug-likeness (QED) is 0.799. The third-order valence-electron chi connectivity index (χ3n) is 4.88. The highest BCUT2D eigenvalue weighted by molar-refractivity contribution is 7.92. The maximum Gasteiger partial charge on any atom is 0.226 e. The summed E-state index contributed by atoms with van der Waals surface area (Å²) in [5, 5.41) is -0.375. The van der Waals surface area contributed by atoms with E-state index in [0.717, 1.165) is 19.3 Å². The number of hydrogen-bond acceptors (Lipinski definition) is 3. The monoisotopic (exact) mass is 333 g/mol. The molecule has 0 aromatic heterocycles. The summed E-state index contributed by atoms with van der Waals surface area (Å²) >= 11 is 0. The number of hydrogen-bond donors (Lipinski definition) is 0. The molecule has 0 spiro atoms. The molecule has 5 heteroatoms. The van der Waals surface area contributed by atoms with E-state index in [1.54, 1.807) is 24.3 Å². The maximum atomic E-state index is 12.7. The largest absolute Gasteiger partial charge is 0.342 e. The summed E-state index contributed by atoms with van der Waals surface area (Å²) in [6.07, 6.45) is 7.98. The molecule has 1 aromatic carbocycles. The Kier molecular flexibility index (Phi) is 4.85. The number of piperidine rings is 1. The van der Waals surface area contributed by atoms with E-state index < -0.39 is 9.84 Å². The first-order chi connectivity index (χ1) is 11.1. The molecule has 3 rings (SSSR count). The van der Waals surface area contributed by atoms with Crippen molar-refractivity contribution in [3.8, 4) is 0 Å². The SMILES string of the molecule is O=C(C1CC=CCC1)N1CCC(S(=O)(=O)c2ccccc2)CC1. The van der Waals surface area contributed by atoms with Crippen LogP contribution in [0.5, 0.6) is 0 Å². The van der Waals surface area contributed by atoms with E-state index in [2.05, 4.69) is 12.2 Å². The van der Waals surface area contributed by atoms with Gasteiger partial charge in [-0.25, -0.2) is 8.42 Å². The zero-order valence-corrected chi connectivity index (χ0v) is 14.0. The fourth-order valence-electron chi connectivity index (χ4n) is 3.47. The lowest BCUT2D eigenvalue weighted by Crippen LogP contribution is -2.45. The van der Waals surface area contributed by atoms with E-state index in [-0.39, 0.29) is 17.1 Å². The average molecular weight is 333 g/mol. The van der Waals surface area contributed by atoms with E-state index in [0.29, 0.717) is 30.8 Å². The van der Waals surface area contributed by atoms with Crippen molar-refractivity contribution in [2.45, 2.75) is 42.2 Å². The molecule has 1 atom stereocenters. The van der Waals surface area contributed by atoms with Crippen molar-refractivity contribution in [3.63, 3.8) is 0 Å². The second kappa shape index (κ2) is 6.87. The van der Waals surface area contributed by atoms with Crippen LogP contribution in [0.15, 0.2) is 47.4 Å². The molecule has 1 saturated heterocycles. The predicted octanol–water partition coefficient (Wildman–Crippen LogP) is 2.81. The second-order valence-corrected chi connectivity index (χ2v) is 8.59. The van der Waals surface area contributed by atoms with Gasteiger partial charge in [0.25, 0.3) is 0 Å². The molecule has 1 unspecified atom stereocenters. The summed E-state index contributed by atoms with van der Waals surface area (Å²) in [6.45, 7) is 1.10. The van der Waals surface area contributed by atoms with Gasteiger partial charge in [0.05, 0.1) is 10.1 Å². The zero-order valence-electron chi connectivity index (χ0n) is 13.2. The minimum atomic E-state index is -3.29. The van der Waals surface area contributed by atoms with Crippen molar-refractivity contribution in [3.05, 3.63) is 42.5 Å². The number of likely N-dealkylation sites (tertiary alicyclic amines) is 1. The first-order valence-electron chi connectivity index (χ1n) is 8.32. The summed E-state index contributed by atoms with van der Waals surface area (Å²) in [5.74, 6) is 0.284. The van der Waals surface area contributed by atoms with Crippen molar-refractivity contribution in [2.75, 3.05) is 13.1 Å². The lowest BCUT2D eigenvalue weighted by atomic mass is 9.92. The third kappa shape index (κ3) is 3.50. The predicted molar refractivity (Wildman–Crippen MR) is 89.7 cm³/mol. The van der Waals surface area contributed by atoms with Crippen LogP contribution < -0.4 is 0 Å². The average Bonchev–Trinajstić information content (AvgIpc) is 2.63. The summed E-state index contributed by atoms with van der Waals surface area (Å²) in [5.41, 5.74) is 0. The summed E-state index contributed by atoms with van der Waals surface area (Å²) < 4.78 is 25.3. The molecule has 1 fully saturated rings. The van der Waals surface area contributed by atoms with Gasteiger partial charge < -0.3 is 4.90 Å². The maximum absolute atomic E-state index is 12.7. The molecule has 4 nitrogen and oxygen atoms in total. The van der Waals surface area contributed by atoms with Gasteiger partial charge in [0.2, 0.25) is 5.91 Å². The van der Waals surface area contributed by atoms with Crippen LogP contribution in [0.4, 0.5) is 0 Å². The molecule has 23 heavy (non-hydrogen) atoms. The molecule has 2 aliphatic rings. The Bertz CT molecular complexity index is 673. The van der Waals surface area contributed by atoms with Crippen molar-refractivity contribution in [1.29, 1.82) is 0 Å². The fourth-order valence-corrected chi connectivity index (χ4v) is 5.22. The normalized spacial score (nSPS) is 23.0. The standard InChI is InChI=1S/C18H23NO3S/c20-18(15-7-3-1-4-8-15)19-13-11-17(12-14-19)23(21,22)16-9-5-2-6-10-16/h1-3,5-6,9-10,15,17H,4,7-8,11-14H2. The van der Waals surface area contributed by atoms with Gasteiger partial charge in [0.1, 0.15) is 0 Å². The van der Waals surface area contributed by atoms with E-state index >= 15 is 0 Å². The molecule has 1 heterocycles. The fraction of sp³-hybridized carbons (Fsp3) is 0.500. The Morgan fingerprint density at radius 2 is 1.70 bits per heavy atom. The van der Waals surface area contributed by atoms with E-state index in [9.17, 15) is 13.2 Å². The smallest absolute Gasteiger partial charge is 0.226 e. The molecule has 1 aliphatic heterocycles. The molecule has 124 valence electrons. The topological polar surface area (TPSA) is 54.5 Å². The van der Waals surface area contributed by atoms with Crippen LogP contribution in [0.3, 0.4) is 0 Å². The number of benzene rings is 1. The minimum Gasteiger partial charge on any atom is -0.342 e. The summed E-state index contributed by atoms with van der Waals surface area (Å²) in [6, 6.07) is 8.63. The van der Waals surface area contributed by atoms with Gasteiger partial charge in [0.15, 0.2) is 9.84 Å². The van der Waals surface area contributed by atoms with Crippen LogP contribution >= 0.6 is 0 Å². The number of nitrogens with zero attached hydrogens (tertiary/aromatic N) is 1. The second-order valence-electron chi connectivity index (χ2n) is 6.36. The molecule has 0 bridgehead atoms. The van der Waals surface area contributed by atoms with Gasteiger partial charge in [-0.1, -0.05) is 30.4 Å². The number of sulfone groups is 1. The van der Waals surface area contributed by atoms with Gasteiger partial charge in [-0.05, 0) is 44.2 Å². The highest BCUT2D eigenvalue weighted by Gasteiger charge is 2.34. The number of rotatable bonds is 3. The van der Waals surface area contributed by atoms with Crippen molar-refractivity contribution >= 4 is 15.7 Å². The first-order valence-corrected chi connectivity index (χ1v) is 9.86. The number of allylic oxidation sites excluding steroid dienone is 2. The van der Waals surface area contributed by atoms with Crippen LogP contribution in [-0.2, 0) is 14.6 Å². The Hall–Kier alpha value is -1.62. The van der Waals surface area contributed by atoms with E-state index in [1.807, 2.05) is 11.0 Å². The molecule has 0 saturated carbocycles. The Balaban J connectivity index is 1.62. The highest BCUT2D eigenvalue weighted by Crippen LogP contribution is 2.27. The van der Waals surface area contributed by atoms with E-state index in [4.69, 9.17) is 0 Å². The lowest BCUT2D eigenvalue weighted by Gasteiger charge is -2.34. The van der Waals surface area contributed by atoms with Crippen LogP contribution in [-0.4, -0.2) is 37.6 Å².